The molecule has 2 aliphatic rings. The Labute approximate surface area is 234 Å². The molecule has 0 bridgehead atoms. The number of nitrogens with two attached hydrogens (primary N) is 1. The first-order valence-corrected chi connectivity index (χ1v) is 14.3. The first-order valence-electron chi connectivity index (χ1n) is 12.4. The summed E-state index contributed by atoms with van der Waals surface area (Å²) in [5, 5.41) is 3.30. The molecule has 2 heterocycles. The highest BCUT2D eigenvalue weighted by molar-refractivity contribution is 7.85. The second-order valence-electron chi connectivity index (χ2n) is 9.54. The normalized spacial score (nSPS) is 19.5. The Bertz CT molecular complexity index is 1270. The maximum atomic E-state index is 13.6. The zero-order valence-electron chi connectivity index (χ0n) is 21.1. The molecule has 40 heavy (non-hydrogen) atoms. The molecule has 2 fully saturated rings. The zero-order chi connectivity index (χ0) is 29.2. The summed E-state index contributed by atoms with van der Waals surface area (Å²) < 4.78 is 92.1. The molecule has 0 spiro atoms. The largest absolute Gasteiger partial charge is 0.416 e. The third-order valence-corrected chi connectivity index (χ3v) is 8.48. The van der Waals surface area contributed by atoms with Crippen LogP contribution in [0.1, 0.15) is 41.1 Å². The number of carbonyl (C=O) groups excluding carboxylic acids is 1. The van der Waals surface area contributed by atoms with Gasteiger partial charge >= 0.3 is 12.4 Å². The summed E-state index contributed by atoms with van der Waals surface area (Å²) in [5.41, 5.74) is 3.69. The summed E-state index contributed by atoms with van der Waals surface area (Å²) >= 11 is 6.37. The van der Waals surface area contributed by atoms with Crippen LogP contribution in [0.4, 0.5) is 26.3 Å². The van der Waals surface area contributed by atoms with E-state index in [1.54, 1.807) is 28.0 Å². The number of hydrogen-bond acceptors (Lipinski definition) is 5. The average molecular weight is 609 g/mol. The van der Waals surface area contributed by atoms with E-state index in [-0.39, 0.29) is 53.8 Å². The third-order valence-electron chi connectivity index (χ3n) is 6.86. The Morgan fingerprint density at radius 3 is 2.17 bits per heavy atom. The van der Waals surface area contributed by atoms with E-state index in [2.05, 4.69) is 5.32 Å². The fourth-order valence-corrected chi connectivity index (χ4v) is 6.19. The van der Waals surface area contributed by atoms with Crippen molar-refractivity contribution in [3.8, 4) is 0 Å². The van der Waals surface area contributed by atoms with Crippen LogP contribution in [0.5, 0.6) is 0 Å². The Morgan fingerprint density at radius 1 is 1.00 bits per heavy atom. The van der Waals surface area contributed by atoms with Gasteiger partial charge < -0.3 is 20.9 Å². The first kappa shape index (κ1) is 30.0. The van der Waals surface area contributed by atoms with Gasteiger partial charge in [0.05, 0.1) is 17.2 Å². The fraction of sp³-hybridized carbons (Fsp3) is 0.423. The SMILES string of the molecule is N/C(C(=O)N1CCC[C@@H]1c1ccccc1Cl)=C(\NCc1cc(C(F)(F)F)cc(C(F)(F)F)c1)N1CCS(=O)CC1. The molecule has 4 rings (SSSR count). The second kappa shape index (κ2) is 11.9. The third kappa shape index (κ3) is 6.85. The minimum Gasteiger partial charge on any atom is -0.391 e. The maximum Gasteiger partial charge on any atom is 0.416 e. The van der Waals surface area contributed by atoms with Gasteiger partial charge in [-0.2, -0.15) is 26.3 Å². The summed E-state index contributed by atoms with van der Waals surface area (Å²) in [6.45, 7) is 0.375. The van der Waals surface area contributed by atoms with Gasteiger partial charge in [0, 0.05) is 53.5 Å². The molecular formula is C26H27ClF6N4O2S. The van der Waals surface area contributed by atoms with Gasteiger partial charge in [0.25, 0.3) is 5.91 Å². The van der Waals surface area contributed by atoms with Gasteiger partial charge in [-0.3, -0.25) is 9.00 Å². The van der Waals surface area contributed by atoms with E-state index in [1.165, 1.54) is 0 Å². The van der Waals surface area contributed by atoms with Crippen LogP contribution in [0.2, 0.25) is 5.02 Å². The van der Waals surface area contributed by atoms with Crippen molar-refractivity contribution in [1.82, 2.24) is 15.1 Å². The predicted octanol–water partition coefficient (Wildman–Crippen LogP) is 5.02. The molecule has 218 valence electrons. The minimum atomic E-state index is -5.00. The quantitative estimate of drug-likeness (QED) is 0.356. The van der Waals surface area contributed by atoms with Crippen molar-refractivity contribution in [2.24, 2.45) is 5.73 Å². The van der Waals surface area contributed by atoms with Crippen molar-refractivity contribution in [2.45, 2.75) is 37.8 Å². The number of benzene rings is 2. The smallest absolute Gasteiger partial charge is 0.391 e. The van der Waals surface area contributed by atoms with E-state index in [4.69, 9.17) is 17.3 Å². The predicted molar refractivity (Wildman–Crippen MR) is 139 cm³/mol. The minimum absolute atomic E-state index is 0.0559. The molecule has 2 saturated heterocycles. The van der Waals surface area contributed by atoms with E-state index in [1.807, 2.05) is 6.07 Å². The van der Waals surface area contributed by atoms with E-state index < -0.39 is 46.7 Å². The van der Waals surface area contributed by atoms with E-state index in [9.17, 15) is 35.3 Å². The molecule has 6 nitrogen and oxygen atoms in total. The highest BCUT2D eigenvalue weighted by atomic mass is 35.5. The monoisotopic (exact) mass is 608 g/mol. The van der Waals surface area contributed by atoms with Crippen molar-refractivity contribution in [3.05, 3.63) is 81.3 Å². The standard InChI is InChI=1S/C26H27ClF6N4O2S/c27-20-5-2-1-4-19(20)21-6-3-7-37(21)24(38)22(34)23(36-8-10-40(39)11-9-36)35-15-16-12-17(25(28,29)30)14-18(13-16)26(31,32)33/h1-2,4-5,12-14,21,35H,3,6-11,15,34H2/b23-22+/t21-/m1/s1. The van der Waals surface area contributed by atoms with Gasteiger partial charge in [-0.05, 0) is 48.2 Å². The molecule has 0 saturated carbocycles. The molecular weight excluding hydrogens is 582 g/mol. The Balaban J connectivity index is 1.67. The lowest BCUT2D eigenvalue weighted by Crippen LogP contribution is -2.45. The van der Waals surface area contributed by atoms with Gasteiger partial charge in [0.1, 0.15) is 11.5 Å². The molecule has 0 radical (unpaired) electrons. The van der Waals surface area contributed by atoms with Crippen LogP contribution in [0.15, 0.2) is 54.0 Å². The van der Waals surface area contributed by atoms with Crippen molar-refractivity contribution in [1.29, 1.82) is 0 Å². The lowest BCUT2D eigenvalue weighted by molar-refractivity contribution is -0.143. The summed E-state index contributed by atoms with van der Waals surface area (Å²) in [6, 6.07) is 8.03. The van der Waals surface area contributed by atoms with E-state index in [0.29, 0.717) is 36.5 Å². The van der Waals surface area contributed by atoms with Crippen LogP contribution in [-0.2, 0) is 34.5 Å². The Morgan fingerprint density at radius 2 is 1.60 bits per heavy atom. The van der Waals surface area contributed by atoms with Crippen molar-refractivity contribution < 1.29 is 35.3 Å². The number of alkyl halides is 6. The van der Waals surface area contributed by atoms with Crippen LogP contribution < -0.4 is 11.1 Å². The second-order valence-corrected chi connectivity index (χ2v) is 11.6. The van der Waals surface area contributed by atoms with Gasteiger partial charge in [0.15, 0.2) is 0 Å². The zero-order valence-corrected chi connectivity index (χ0v) is 22.7. The number of nitrogens with one attached hydrogen (secondary N) is 1. The van der Waals surface area contributed by atoms with Gasteiger partial charge in [0.2, 0.25) is 0 Å². The molecule has 2 aromatic carbocycles. The number of likely N-dealkylation sites (tertiary alicyclic amines) is 1. The summed E-state index contributed by atoms with van der Waals surface area (Å²) in [7, 11) is -1.10. The molecule has 0 aliphatic carbocycles. The van der Waals surface area contributed by atoms with Crippen LogP contribution in [0.25, 0.3) is 0 Å². The molecule has 1 amide bonds. The number of nitrogens with zero attached hydrogens (tertiary/aromatic N) is 2. The first-order chi connectivity index (χ1) is 18.8. The lowest BCUT2D eigenvalue weighted by Gasteiger charge is -2.33. The molecule has 2 aromatic rings. The summed E-state index contributed by atoms with van der Waals surface area (Å²) in [5.74, 6) is 0.0509. The molecule has 14 heteroatoms. The summed E-state index contributed by atoms with van der Waals surface area (Å²) in [6.07, 6.45) is -8.67. The van der Waals surface area contributed by atoms with E-state index in [0.717, 1.165) is 5.56 Å². The maximum absolute atomic E-state index is 13.6. The van der Waals surface area contributed by atoms with Gasteiger partial charge in [-0.15, -0.1) is 0 Å². The van der Waals surface area contributed by atoms with Crippen molar-refractivity contribution in [2.75, 3.05) is 31.1 Å². The topological polar surface area (TPSA) is 78.7 Å². The highest BCUT2D eigenvalue weighted by Gasteiger charge is 2.37. The van der Waals surface area contributed by atoms with Crippen molar-refractivity contribution in [3.63, 3.8) is 0 Å². The van der Waals surface area contributed by atoms with Gasteiger partial charge in [-0.25, -0.2) is 0 Å². The molecule has 0 aromatic heterocycles. The molecule has 3 N–H and O–H groups in total. The average Bonchev–Trinajstić information content (AvgIpc) is 3.38. The van der Waals surface area contributed by atoms with Gasteiger partial charge in [-0.1, -0.05) is 29.8 Å². The number of carbonyl (C=O) groups is 1. The number of amides is 1. The number of rotatable bonds is 6. The van der Waals surface area contributed by atoms with Crippen LogP contribution in [0, 0.1) is 0 Å². The molecule has 1 atom stereocenters. The molecule has 2 aliphatic heterocycles. The Hall–Kier alpha value is -2.93. The Kier molecular flexibility index (Phi) is 8.93. The van der Waals surface area contributed by atoms with Crippen LogP contribution in [-0.4, -0.2) is 51.1 Å². The number of hydrogen-bond donors (Lipinski definition) is 2. The lowest BCUT2D eigenvalue weighted by atomic mass is 10.0. The summed E-state index contributed by atoms with van der Waals surface area (Å²) in [4.78, 5) is 16.9. The van der Waals surface area contributed by atoms with Crippen LogP contribution in [0.3, 0.4) is 0 Å². The molecule has 0 unspecified atom stereocenters. The number of halogens is 7. The van der Waals surface area contributed by atoms with Crippen LogP contribution >= 0.6 is 11.6 Å². The highest BCUT2D eigenvalue weighted by Crippen LogP contribution is 2.38. The fourth-order valence-electron chi connectivity index (χ4n) is 4.88. The van der Waals surface area contributed by atoms with E-state index >= 15 is 0 Å². The van der Waals surface area contributed by atoms with Crippen molar-refractivity contribution >= 4 is 28.3 Å².